The molecule has 0 spiro atoms. The Hall–Kier alpha value is -2.34. The number of nitrogens with zero attached hydrogens (tertiary/aromatic N) is 2. The minimum atomic E-state index is -0.339. The molecule has 1 saturated carbocycles. The molecule has 1 aromatic carbocycles. The molecule has 1 amide bonds. The Morgan fingerprint density at radius 3 is 2.79 bits per heavy atom. The fourth-order valence-electron chi connectivity index (χ4n) is 2.81. The minimum absolute atomic E-state index is 0.206. The molecular formula is C18H24N4O2. The van der Waals surface area contributed by atoms with E-state index in [1.165, 1.54) is 5.56 Å². The van der Waals surface area contributed by atoms with Crippen LogP contribution in [0.2, 0.25) is 0 Å². The molecule has 0 saturated heterocycles. The molecule has 0 atom stereocenters. The highest BCUT2D eigenvalue weighted by Crippen LogP contribution is 2.20. The van der Waals surface area contributed by atoms with Gasteiger partial charge in [-0.05, 0) is 30.9 Å². The molecule has 0 radical (unpaired) electrons. The van der Waals surface area contributed by atoms with Gasteiger partial charge in [0, 0.05) is 24.8 Å². The molecule has 0 aliphatic heterocycles. The van der Waals surface area contributed by atoms with Crippen molar-refractivity contribution in [2.24, 2.45) is 0 Å². The van der Waals surface area contributed by atoms with E-state index in [1.54, 1.807) is 0 Å². The molecule has 1 aromatic heterocycles. The van der Waals surface area contributed by atoms with E-state index in [0.29, 0.717) is 12.6 Å². The van der Waals surface area contributed by atoms with Crippen LogP contribution in [0.4, 0.5) is 4.79 Å². The number of carbonyl (C=O) groups is 1. The van der Waals surface area contributed by atoms with Crippen LogP contribution in [0.5, 0.6) is 0 Å². The topological polar surface area (TPSA) is 68.2 Å². The Morgan fingerprint density at radius 1 is 1.29 bits per heavy atom. The number of nitrogens with one attached hydrogen (secondary N) is 2. The van der Waals surface area contributed by atoms with E-state index in [4.69, 9.17) is 4.74 Å². The highest BCUT2D eigenvalue weighted by Gasteiger charge is 2.30. The van der Waals surface area contributed by atoms with Gasteiger partial charge >= 0.3 is 6.09 Å². The van der Waals surface area contributed by atoms with Crippen LogP contribution in [-0.4, -0.2) is 34.5 Å². The van der Waals surface area contributed by atoms with Gasteiger partial charge in [-0.3, -0.25) is 4.68 Å². The van der Waals surface area contributed by atoms with Gasteiger partial charge in [0.1, 0.15) is 6.61 Å². The molecule has 0 unspecified atom stereocenters. The Balaban J connectivity index is 1.26. The van der Waals surface area contributed by atoms with Gasteiger partial charge in [0.25, 0.3) is 0 Å². The molecular weight excluding hydrogens is 304 g/mol. The Labute approximate surface area is 142 Å². The molecule has 1 heterocycles. The summed E-state index contributed by atoms with van der Waals surface area (Å²) in [5, 5.41) is 10.7. The molecule has 24 heavy (non-hydrogen) atoms. The number of amides is 1. The van der Waals surface area contributed by atoms with Crippen LogP contribution < -0.4 is 10.6 Å². The van der Waals surface area contributed by atoms with Crippen LogP contribution in [0.3, 0.4) is 0 Å². The van der Waals surface area contributed by atoms with Gasteiger partial charge in [0.15, 0.2) is 0 Å². The standard InChI is InChI=1S/C18H24N4O2/c1-14-11-20-22(12-14)8-7-19-16-9-17(10-16)21-18(23)24-13-15-5-3-2-4-6-15/h2-6,11-12,16-17,19H,7-10,13H2,1H3,(H,21,23). The molecule has 1 aliphatic carbocycles. The maximum atomic E-state index is 11.8. The fourth-order valence-corrected chi connectivity index (χ4v) is 2.81. The summed E-state index contributed by atoms with van der Waals surface area (Å²) in [6.45, 7) is 4.10. The normalized spacial score (nSPS) is 19.5. The number of aromatic nitrogens is 2. The zero-order valence-corrected chi connectivity index (χ0v) is 13.9. The number of ether oxygens (including phenoxy) is 1. The lowest BCUT2D eigenvalue weighted by molar-refractivity contribution is 0.125. The maximum absolute atomic E-state index is 11.8. The highest BCUT2D eigenvalue weighted by atomic mass is 16.5. The van der Waals surface area contributed by atoms with Crippen molar-refractivity contribution in [3.8, 4) is 0 Å². The van der Waals surface area contributed by atoms with E-state index in [2.05, 4.69) is 15.7 Å². The van der Waals surface area contributed by atoms with Crippen molar-refractivity contribution in [3.63, 3.8) is 0 Å². The summed E-state index contributed by atoms with van der Waals surface area (Å²) in [7, 11) is 0. The molecule has 128 valence electrons. The zero-order valence-electron chi connectivity index (χ0n) is 13.9. The van der Waals surface area contributed by atoms with E-state index < -0.39 is 0 Å². The first-order valence-electron chi connectivity index (χ1n) is 8.39. The maximum Gasteiger partial charge on any atom is 0.407 e. The number of benzene rings is 1. The minimum Gasteiger partial charge on any atom is -0.445 e. The van der Waals surface area contributed by atoms with E-state index >= 15 is 0 Å². The summed E-state index contributed by atoms with van der Waals surface area (Å²) in [4.78, 5) is 11.8. The molecule has 1 fully saturated rings. The van der Waals surface area contributed by atoms with E-state index in [1.807, 2.05) is 54.3 Å². The van der Waals surface area contributed by atoms with E-state index in [0.717, 1.165) is 31.5 Å². The Kier molecular flexibility index (Phi) is 5.48. The first kappa shape index (κ1) is 16.5. The van der Waals surface area contributed by atoms with Crippen molar-refractivity contribution in [2.45, 2.75) is 45.0 Å². The third-order valence-electron chi connectivity index (χ3n) is 4.21. The average molecular weight is 328 g/mol. The monoisotopic (exact) mass is 328 g/mol. The van der Waals surface area contributed by atoms with Crippen LogP contribution in [-0.2, 0) is 17.9 Å². The third-order valence-corrected chi connectivity index (χ3v) is 4.21. The van der Waals surface area contributed by atoms with Gasteiger partial charge in [-0.2, -0.15) is 5.10 Å². The summed E-state index contributed by atoms with van der Waals surface area (Å²) in [5.41, 5.74) is 2.17. The van der Waals surface area contributed by atoms with Gasteiger partial charge in [0.05, 0.1) is 12.7 Å². The predicted octanol–water partition coefficient (Wildman–Crippen LogP) is 2.24. The first-order chi connectivity index (χ1) is 11.7. The van der Waals surface area contributed by atoms with Crippen molar-refractivity contribution in [3.05, 3.63) is 53.9 Å². The van der Waals surface area contributed by atoms with Crippen LogP contribution in [0.15, 0.2) is 42.7 Å². The van der Waals surface area contributed by atoms with Crippen LogP contribution in [0, 0.1) is 6.92 Å². The molecule has 6 nitrogen and oxygen atoms in total. The lowest BCUT2D eigenvalue weighted by atomic mass is 9.87. The van der Waals surface area contributed by atoms with Crippen molar-refractivity contribution in [2.75, 3.05) is 6.54 Å². The smallest absolute Gasteiger partial charge is 0.407 e. The summed E-state index contributed by atoms with van der Waals surface area (Å²) in [6, 6.07) is 10.4. The molecule has 1 aliphatic rings. The Morgan fingerprint density at radius 2 is 2.08 bits per heavy atom. The van der Waals surface area contributed by atoms with Crippen molar-refractivity contribution < 1.29 is 9.53 Å². The third kappa shape index (κ3) is 4.83. The van der Waals surface area contributed by atoms with Gasteiger partial charge in [-0.25, -0.2) is 4.79 Å². The second-order valence-electron chi connectivity index (χ2n) is 6.31. The molecule has 2 aromatic rings. The van der Waals surface area contributed by atoms with Crippen molar-refractivity contribution in [1.29, 1.82) is 0 Å². The summed E-state index contributed by atoms with van der Waals surface area (Å²) in [5.74, 6) is 0. The van der Waals surface area contributed by atoms with Gasteiger partial charge in [0.2, 0.25) is 0 Å². The van der Waals surface area contributed by atoms with Crippen molar-refractivity contribution >= 4 is 6.09 Å². The lowest BCUT2D eigenvalue weighted by Gasteiger charge is -2.36. The van der Waals surface area contributed by atoms with Crippen LogP contribution >= 0.6 is 0 Å². The van der Waals surface area contributed by atoms with E-state index in [-0.39, 0.29) is 12.1 Å². The van der Waals surface area contributed by atoms with E-state index in [9.17, 15) is 4.79 Å². The number of carbonyl (C=O) groups excluding carboxylic acids is 1. The number of rotatable bonds is 7. The quantitative estimate of drug-likeness (QED) is 0.818. The van der Waals surface area contributed by atoms with Gasteiger partial charge in [-0.15, -0.1) is 0 Å². The average Bonchev–Trinajstić information content (AvgIpc) is 2.97. The fraction of sp³-hybridized carbons (Fsp3) is 0.444. The Bertz CT molecular complexity index is 650. The van der Waals surface area contributed by atoms with Gasteiger partial charge in [-0.1, -0.05) is 30.3 Å². The molecule has 2 N–H and O–H groups in total. The zero-order chi connectivity index (χ0) is 16.8. The second kappa shape index (κ2) is 7.97. The highest BCUT2D eigenvalue weighted by molar-refractivity contribution is 5.67. The van der Waals surface area contributed by atoms with Gasteiger partial charge < -0.3 is 15.4 Å². The summed E-state index contributed by atoms with van der Waals surface area (Å²) < 4.78 is 7.17. The number of hydrogen-bond donors (Lipinski definition) is 2. The lowest BCUT2D eigenvalue weighted by Crippen LogP contribution is -2.52. The number of hydrogen-bond acceptors (Lipinski definition) is 4. The molecule has 0 bridgehead atoms. The summed E-state index contributed by atoms with van der Waals surface area (Å²) in [6.07, 6.45) is 5.45. The number of alkyl carbamates (subject to hydrolysis) is 1. The van der Waals surface area contributed by atoms with Crippen LogP contribution in [0.1, 0.15) is 24.0 Å². The number of aryl methyl sites for hydroxylation is 1. The largest absolute Gasteiger partial charge is 0.445 e. The summed E-state index contributed by atoms with van der Waals surface area (Å²) >= 11 is 0. The van der Waals surface area contributed by atoms with Crippen LogP contribution in [0.25, 0.3) is 0 Å². The van der Waals surface area contributed by atoms with Crippen molar-refractivity contribution in [1.82, 2.24) is 20.4 Å². The second-order valence-corrected chi connectivity index (χ2v) is 6.31. The first-order valence-corrected chi connectivity index (χ1v) is 8.39. The predicted molar refractivity (Wildman–Crippen MR) is 91.5 cm³/mol. The SMILES string of the molecule is Cc1cnn(CCNC2CC(NC(=O)OCc3ccccc3)C2)c1. The molecule has 3 rings (SSSR count). The molecule has 6 heteroatoms.